The minimum absolute atomic E-state index is 0.0678. The number of amides is 1. The highest BCUT2D eigenvalue weighted by atomic mass is 16.1. The molecular weight excluding hydrogens is 376 g/mol. The average Bonchev–Trinajstić information content (AvgIpc) is 3.15. The second kappa shape index (κ2) is 8.78. The van der Waals surface area contributed by atoms with Gasteiger partial charge in [-0.15, -0.1) is 0 Å². The van der Waals surface area contributed by atoms with Crippen molar-refractivity contribution < 1.29 is 4.79 Å². The summed E-state index contributed by atoms with van der Waals surface area (Å²) < 4.78 is 1.86. The van der Waals surface area contributed by atoms with Crippen LogP contribution in [0.15, 0.2) is 54.9 Å². The van der Waals surface area contributed by atoms with Gasteiger partial charge >= 0.3 is 0 Å². The number of carbonyl (C=O) groups excluding carboxylic acids is 1. The second-order valence-corrected chi connectivity index (χ2v) is 7.54. The van der Waals surface area contributed by atoms with E-state index in [2.05, 4.69) is 38.5 Å². The number of nitrogens with one attached hydrogen (secondary N) is 1. The van der Waals surface area contributed by atoms with Gasteiger partial charge in [-0.2, -0.15) is 10.4 Å². The van der Waals surface area contributed by atoms with Gasteiger partial charge in [-0.1, -0.05) is 30.3 Å². The van der Waals surface area contributed by atoms with E-state index in [-0.39, 0.29) is 11.9 Å². The normalized spacial score (nSPS) is 14.3. The minimum atomic E-state index is -0.0678. The van der Waals surface area contributed by atoms with Crippen molar-refractivity contribution >= 4 is 11.7 Å². The molecular formula is C23H24N6O. The third-order valence-electron chi connectivity index (χ3n) is 5.55. The largest absolute Gasteiger partial charge is 0.356 e. The van der Waals surface area contributed by atoms with Gasteiger partial charge in [-0.25, -0.2) is 4.98 Å². The van der Waals surface area contributed by atoms with Crippen LogP contribution in [0, 0.1) is 18.3 Å². The Morgan fingerprint density at radius 2 is 1.93 bits per heavy atom. The fraction of sp³-hybridized carbons (Fsp3) is 0.304. The Balaban J connectivity index is 1.33. The van der Waals surface area contributed by atoms with Gasteiger partial charge in [0.05, 0.1) is 23.9 Å². The lowest BCUT2D eigenvalue weighted by Crippen LogP contribution is -2.45. The van der Waals surface area contributed by atoms with Crippen molar-refractivity contribution in [1.82, 2.24) is 20.1 Å². The van der Waals surface area contributed by atoms with Crippen molar-refractivity contribution in [1.29, 1.82) is 5.26 Å². The highest BCUT2D eigenvalue weighted by Crippen LogP contribution is 2.19. The number of nitrogens with zero attached hydrogens (tertiary/aromatic N) is 5. The Hall–Kier alpha value is -3.66. The molecule has 0 bridgehead atoms. The molecule has 0 unspecified atom stereocenters. The van der Waals surface area contributed by atoms with E-state index in [1.807, 2.05) is 35.9 Å². The number of hydrogen-bond acceptors (Lipinski definition) is 5. The smallest absolute Gasteiger partial charge is 0.254 e. The molecule has 152 valence electrons. The van der Waals surface area contributed by atoms with Gasteiger partial charge in [-0.3, -0.25) is 9.48 Å². The second-order valence-electron chi connectivity index (χ2n) is 7.54. The van der Waals surface area contributed by atoms with E-state index >= 15 is 0 Å². The van der Waals surface area contributed by atoms with Crippen molar-refractivity contribution in [2.45, 2.75) is 32.4 Å². The monoisotopic (exact) mass is 400 g/mol. The summed E-state index contributed by atoms with van der Waals surface area (Å²) >= 11 is 0. The van der Waals surface area contributed by atoms with Crippen molar-refractivity contribution in [2.24, 2.45) is 0 Å². The van der Waals surface area contributed by atoms with Crippen molar-refractivity contribution in [3.8, 4) is 6.07 Å². The number of carbonyl (C=O) groups is 1. The molecule has 1 fully saturated rings. The molecule has 0 saturated carbocycles. The van der Waals surface area contributed by atoms with Gasteiger partial charge in [0.25, 0.3) is 5.91 Å². The summed E-state index contributed by atoms with van der Waals surface area (Å²) in [5, 5.41) is 16.5. The maximum absolute atomic E-state index is 12.8. The molecule has 7 heteroatoms. The molecule has 1 aromatic carbocycles. The first kappa shape index (κ1) is 19.6. The van der Waals surface area contributed by atoms with Gasteiger partial charge < -0.3 is 10.2 Å². The number of anilines is 1. The van der Waals surface area contributed by atoms with Crippen molar-refractivity contribution in [3.63, 3.8) is 0 Å². The Labute approximate surface area is 176 Å². The third kappa shape index (κ3) is 4.33. The van der Waals surface area contributed by atoms with Gasteiger partial charge in [0.1, 0.15) is 11.9 Å². The van der Waals surface area contributed by atoms with Gasteiger partial charge in [0.15, 0.2) is 0 Å². The van der Waals surface area contributed by atoms with Crippen LogP contribution in [-0.4, -0.2) is 39.8 Å². The summed E-state index contributed by atoms with van der Waals surface area (Å²) in [5.74, 6) is 0.804. The molecule has 1 saturated heterocycles. The summed E-state index contributed by atoms with van der Waals surface area (Å²) in [4.78, 5) is 19.3. The van der Waals surface area contributed by atoms with E-state index in [1.54, 1.807) is 18.5 Å². The topological polar surface area (TPSA) is 86.8 Å². The fourth-order valence-electron chi connectivity index (χ4n) is 3.74. The maximum Gasteiger partial charge on any atom is 0.254 e. The standard InChI is InChI=1S/C23H24N6O/c1-17-21(15-26-29(17)16-18-5-3-2-4-6-18)23(30)27-20-9-11-28(12-10-20)22-8-7-19(13-24)14-25-22/h2-8,14-15,20H,9-12,16H2,1H3,(H,27,30). The zero-order chi connectivity index (χ0) is 20.9. The number of aromatic nitrogens is 3. The van der Waals surface area contributed by atoms with Crippen molar-refractivity contribution in [3.05, 3.63) is 77.2 Å². The molecule has 1 aliphatic rings. The summed E-state index contributed by atoms with van der Waals surface area (Å²) in [6.45, 7) is 4.21. The van der Waals surface area contributed by atoms with Gasteiger partial charge in [0.2, 0.25) is 0 Å². The molecule has 1 aliphatic heterocycles. The van der Waals surface area contributed by atoms with Crippen LogP contribution in [0.25, 0.3) is 0 Å². The fourth-order valence-corrected chi connectivity index (χ4v) is 3.74. The van der Waals surface area contributed by atoms with Crippen LogP contribution in [0.2, 0.25) is 0 Å². The lowest BCUT2D eigenvalue weighted by Gasteiger charge is -2.33. The summed E-state index contributed by atoms with van der Waals surface area (Å²) in [6, 6.07) is 16.0. The van der Waals surface area contributed by atoms with Gasteiger partial charge in [-0.05, 0) is 37.5 Å². The minimum Gasteiger partial charge on any atom is -0.356 e. The lowest BCUT2D eigenvalue weighted by molar-refractivity contribution is 0.0930. The predicted octanol–water partition coefficient (Wildman–Crippen LogP) is 2.91. The summed E-state index contributed by atoms with van der Waals surface area (Å²) in [6.07, 6.45) is 4.96. The quantitative estimate of drug-likeness (QED) is 0.712. The SMILES string of the molecule is Cc1c(C(=O)NC2CCN(c3ccc(C#N)cn3)CC2)cnn1Cc1ccccc1. The van der Waals surface area contributed by atoms with Crippen LogP contribution in [0.5, 0.6) is 0 Å². The average molecular weight is 400 g/mol. The molecule has 3 aromatic rings. The molecule has 0 spiro atoms. The number of rotatable bonds is 5. The third-order valence-corrected chi connectivity index (χ3v) is 5.55. The zero-order valence-electron chi connectivity index (χ0n) is 17.0. The Kier molecular flexibility index (Phi) is 5.75. The summed E-state index contributed by atoms with van der Waals surface area (Å²) in [5.41, 5.74) is 3.21. The first-order chi connectivity index (χ1) is 14.6. The molecule has 30 heavy (non-hydrogen) atoms. The molecule has 0 atom stereocenters. The molecule has 4 rings (SSSR count). The van der Waals surface area contributed by atoms with E-state index < -0.39 is 0 Å². The van der Waals surface area contributed by atoms with E-state index in [4.69, 9.17) is 5.26 Å². The van der Waals surface area contributed by atoms with Crippen LogP contribution in [0.3, 0.4) is 0 Å². The van der Waals surface area contributed by atoms with Gasteiger partial charge in [0, 0.05) is 31.0 Å². The predicted molar refractivity (Wildman–Crippen MR) is 114 cm³/mol. The van der Waals surface area contributed by atoms with Crippen LogP contribution in [0.4, 0.5) is 5.82 Å². The lowest BCUT2D eigenvalue weighted by atomic mass is 10.0. The molecule has 3 heterocycles. The first-order valence-corrected chi connectivity index (χ1v) is 10.1. The summed E-state index contributed by atoms with van der Waals surface area (Å²) in [7, 11) is 0. The van der Waals surface area contributed by atoms with E-state index in [0.717, 1.165) is 43.0 Å². The number of hydrogen-bond donors (Lipinski definition) is 1. The van der Waals surface area contributed by atoms with E-state index in [1.165, 1.54) is 0 Å². The highest BCUT2D eigenvalue weighted by Gasteiger charge is 2.23. The van der Waals surface area contributed by atoms with Crippen molar-refractivity contribution in [2.75, 3.05) is 18.0 Å². The van der Waals surface area contributed by atoms with E-state index in [9.17, 15) is 4.79 Å². The maximum atomic E-state index is 12.8. The Morgan fingerprint density at radius 1 is 1.17 bits per heavy atom. The molecule has 2 aromatic heterocycles. The Bertz CT molecular complexity index is 1040. The van der Waals surface area contributed by atoms with Crippen LogP contribution in [-0.2, 0) is 6.54 Å². The number of piperidine rings is 1. The molecule has 1 amide bonds. The first-order valence-electron chi connectivity index (χ1n) is 10.1. The molecule has 7 nitrogen and oxygen atoms in total. The highest BCUT2D eigenvalue weighted by molar-refractivity contribution is 5.95. The zero-order valence-corrected chi connectivity index (χ0v) is 17.0. The van der Waals surface area contributed by atoms with E-state index in [0.29, 0.717) is 17.7 Å². The van der Waals surface area contributed by atoms with Crippen LogP contribution in [0.1, 0.15) is 40.0 Å². The van der Waals surface area contributed by atoms with Crippen LogP contribution >= 0.6 is 0 Å². The number of benzene rings is 1. The number of nitriles is 1. The molecule has 1 N–H and O–H groups in total. The molecule has 0 radical (unpaired) electrons. The van der Waals surface area contributed by atoms with Crippen LogP contribution < -0.4 is 10.2 Å². The Morgan fingerprint density at radius 3 is 2.60 bits per heavy atom. The number of pyridine rings is 1. The molecule has 0 aliphatic carbocycles.